The zero-order valence-electron chi connectivity index (χ0n) is 14.5. The predicted molar refractivity (Wildman–Crippen MR) is 98.3 cm³/mol. The monoisotopic (exact) mass is 392 g/mol. The molecule has 0 aliphatic carbocycles. The Labute approximate surface area is 159 Å². The normalized spacial score (nSPS) is 15.5. The zero-order chi connectivity index (χ0) is 19.1. The predicted octanol–water partition coefficient (Wildman–Crippen LogP) is 5.00. The molecule has 4 rings (SSSR count). The summed E-state index contributed by atoms with van der Waals surface area (Å²) in [6.45, 7) is 3.53. The van der Waals surface area contributed by atoms with E-state index in [-0.39, 0.29) is 10.7 Å². The average molecular weight is 393 g/mol. The quantitative estimate of drug-likeness (QED) is 0.575. The number of rotatable bonds is 2. The molecule has 0 atom stereocenters. The van der Waals surface area contributed by atoms with Crippen LogP contribution in [0.4, 0.5) is 18.9 Å². The molecule has 1 aliphatic heterocycles. The first-order valence-corrected chi connectivity index (χ1v) is 9.03. The van der Waals surface area contributed by atoms with Crippen molar-refractivity contribution in [3.63, 3.8) is 0 Å². The van der Waals surface area contributed by atoms with Crippen molar-refractivity contribution in [3.05, 3.63) is 47.1 Å². The van der Waals surface area contributed by atoms with Crippen LogP contribution in [0.15, 0.2) is 24.5 Å². The number of benzene rings is 1. The van der Waals surface area contributed by atoms with E-state index in [0.717, 1.165) is 12.8 Å². The van der Waals surface area contributed by atoms with E-state index in [1.165, 1.54) is 12.4 Å². The molecular weight excluding hydrogens is 377 g/mol. The van der Waals surface area contributed by atoms with Crippen LogP contribution in [0.1, 0.15) is 19.8 Å². The van der Waals surface area contributed by atoms with Gasteiger partial charge in [-0.2, -0.15) is 0 Å². The molecule has 1 fully saturated rings. The van der Waals surface area contributed by atoms with Gasteiger partial charge in [0, 0.05) is 37.6 Å². The van der Waals surface area contributed by atoms with E-state index in [1.807, 2.05) is 4.90 Å². The van der Waals surface area contributed by atoms with Crippen LogP contribution in [0.2, 0.25) is 5.15 Å². The summed E-state index contributed by atoms with van der Waals surface area (Å²) < 4.78 is 42.5. The third-order valence-corrected chi connectivity index (χ3v) is 5.18. The molecule has 0 N–H and O–H groups in total. The molecule has 1 saturated heterocycles. The van der Waals surface area contributed by atoms with Crippen molar-refractivity contribution in [2.75, 3.05) is 18.0 Å². The van der Waals surface area contributed by atoms with Crippen LogP contribution in [-0.2, 0) is 0 Å². The van der Waals surface area contributed by atoms with Crippen LogP contribution >= 0.6 is 11.6 Å². The summed E-state index contributed by atoms with van der Waals surface area (Å²) in [5, 5.41) is -0.0963. The summed E-state index contributed by atoms with van der Waals surface area (Å²) >= 11 is 6.34. The molecule has 8 heteroatoms. The van der Waals surface area contributed by atoms with Crippen molar-refractivity contribution in [1.82, 2.24) is 15.0 Å². The molecule has 140 valence electrons. The Morgan fingerprint density at radius 3 is 2.30 bits per heavy atom. The van der Waals surface area contributed by atoms with E-state index in [2.05, 4.69) is 21.9 Å². The van der Waals surface area contributed by atoms with Gasteiger partial charge in [0.2, 0.25) is 0 Å². The molecule has 3 heterocycles. The van der Waals surface area contributed by atoms with E-state index in [0.29, 0.717) is 48.0 Å². The van der Waals surface area contributed by atoms with Crippen molar-refractivity contribution < 1.29 is 13.2 Å². The van der Waals surface area contributed by atoms with E-state index < -0.39 is 23.0 Å². The molecule has 0 amide bonds. The fraction of sp³-hybridized carbons (Fsp3) is 0.316. The molecule has 0 saturated carbocycles. The first-order valence-electron chi connectivity index (χ1n) is 8.65. The number of pyridine rings is 1. The molecule has 0 spiro atoms. The lowest BCUT2D eigenvalue weighted by Crippen LogP contribution is -2.33. The third kappa shape index (κ3) is 3.20. The number of fused-ring (bicyclic) bond motifs is 1. The number of aromatic nitrogens is 3. The summed E-state index contributed by atoms with van der Waals surface area (Å²) in [4.78, 5) is 14.7. The van der Waals surface area contributed by atoms with Crippen LogP contribution in [0.5, 0.6) is 0 Å². The van der Waals surface area contributed by atoms with Gasteiger partial charge in [-0.25, -0.2) is 28.1 Å². The van der Waals surface area contributed by atoms with Crippen LogP contribution in [0.3, 0.4) is 0 Å². The summed E-state index contributed by atoms with van der Waals surface area (Å²) in [5.41, 5.74) is 0.857. The molecule has 1 aliphatic rings. The Morgan fingerprint density at radius 2 is 1.63 bits per heavy atom. The number of nitrogens with zero attached hydrogens (tertiary/aromatic N) is 4. The molecule has 27 heavy (non-hydrogen) atoms. The second-order valence-electron chi connectivity index (χ2n) is 6.77. The summed E-state index contributed by atoms with van der Waals surface area (Å²) in [7, 11) is 0. The maximum absolute atomic E-state index is 14.6. The lowest BCUT2D eigenvalue weighted by molar-refractivity contribution is 0.439. The standard InChI is InChI=1S/C19H16ClF3N4/c1-10-2-6-27(7-3-10)17-15(14-12(22)8-11(21)9-13(14)23)18(20)26-19-16(17)24-4-5-25-19/h4-5,8-10H,2-3,6-7H2,1H3. The number of hydrogen-bond acceptors (Lipinski definition) is 4. The van der Waals surface area contributed by atoms with Crippen molar-refractivity contribution in [2.45, 2.75) is 19.8 Å². The van der Waals surface area contributed by atoms with Gasteiger partial charge in [-0.15, -0.1) is 0 Å². The Hall–Kier alpha value is -2.41. The minimum absolute atomic E-state index is 0.0780. The van der Waals surface area contributed by atoms with Crippen LogP contribution in [0.25, 0.3) is 22.3 Å². The number of halogens is 4. The molecule has 2 aromatic heterocycles. The van der Waals surface area contributed by atoms with Gasteiger partial charge in [0.1, 0.15) is 28.1 Å². The fourth-order valence-electron chi connectivity index (χ4n) is 3.49. The fourth-order valence-corrected chi connectivity index (χ4v) is 3.75. The second kappa shape index (κ2) is 6.96. The number of anilines is 1. The first-order chi connectivity index (χ1) is 13.0. The number of piperidine rings is 1. The highest BCUT2D eigenvalue weighted by molar-refractivity contribution is 6.33. The molecule has 0 bridgehead atoms. The van der Waals surface area contributed by atoms with Gasteiger partial charge in [0.05, 0.1) is 16.8 Å². The molecule has 1 aromatic carbocycles. The SMILES string of the molecule is CC1CCN(c2c(-c3c(F)cc(F)cc3F)c(Cl)nc3nccnc23)CC1. The highest BCUT2D eigenvalue weighted by Gasteiger charge is 2.28. The molecule has 3 aromatic rings. The van der Waals surface area contributed by atoms with Crippen LogP contribution in [0, 0.1) is 23.4 Å². The Kier molecular flexibility index (Phi) is 4.63. The smallest absolute Gasteiger partial charge is 0.181 e. The molecular formula is C19H16ClF3N4. The van der Waals surface area contributed by atoms with Crippen molar-refractivity contribution in [2.24, 2.45) is 5.92 Å². The van der Waals surface area contributed by atoms with Gasteiger partial charge < -0.3 is 4.90 Å². The Morgan fingerprint density at radius 1 is 1.00 bits per heavy atom. The minimum Gasteiger partial charge on any atom is -0.369 e. The maximum Gasteiger partial charge on any atom is 0.181 e. The highest BCUT2D eigenvalue weighted by Crippen LogP contribution is 2.43. The van der Waals surface area contributed by atoms with E-state index in [1.54, 1.807) is 0 Å². The van der Waals surface area contributed by atoms with Gasteiger partial charge in [-0.05, 0) is 18.8 Å². The molecule has 4 nitrogen and oxygen atoms in total. The van der Waals surface area contributed by atoms with Crippen molar-refractivity contribution >= 4 is 28.5 Å². The van der Waals surface area contributed by atoms with Gasteiger partial charge >= 0.3 is 0 Å². The topological polar surface area (TPSA) is 41.9 Å². The van der Waals surface area contributed by atoms with Crippen molar-refractivity contribution in [1.29, 1.82) is 0 Å². The Balaban J connectivity index is 2.03. The van der Waals surface area contributed by atoms with Crippen molar-refractivity contribution in [3.8, 4) is 11.1 Å². The second-order valence-corrected chi connectivity index (χ2v) is 7.13. The van der Waals surface area contributed by atoms with E-state index in [4.69, 9.17) is 11.6 Å². The van der Waals surface area contributed by atoms with Crippen LogP contribution in [-0.4, -0.2) is 28.0 Å². The largest absolute Gasteiger partial charge is 0.369 e. The van der Waals surface area contributed by atoms with Gasteiger partial charge in [-0.3, -0.25) is 0 Å². The maximum atomic E-state index is 14.6. The number of hydrogen-bond donors (Lipinski definition) is 0. The zero-order valence-corrected chi connectivity index (χ0v) is 15.3. The summed E-state index contributed by atoms with van der Waals surface area (Å²) in [6, 6.07) is 1.27. The minimum atomic E-state index is -1.04. The van der Waals surface area contributed by atoms with Gasteiger partial charge in [-0.1, -0.05) is 18.5 Å². The molecule has 0 unspecified atom stereocenters. The van der Waals surface area contributed by atoms with Gasteiger partial charge in [0.25, 0.3) is 0 Å². The van der Waals surface area contributed by atoms with E-state index >= 15 is 0 Å². The first kappa shape index (κ1) is 18.0. The third-order valence-electron chi connectivity index (χ3n) is 4.91. The van der Waals surface area contributed by atoms with Crippen LogP contribution < -0.4 is 4.90 Å². The lowest BCUT2D eigenvalue weighted by Gasteiger charge is -2.34. The highest BCUT2D eigenvalue weighted by atomic mass is 35.5. The molecule has 0 radical (unpaired) electrons. The van der Waals surface area contributed by atoms with Gasteiger partial charge in [0.15, 0.2) is 5.65 Å². The Bertz CT molecular complexity index is 996. The van der Waals surface area contributed by atoms with E-state index in [9.17, 15) is 13.2 Å². The average Bonchev–Trinajstić information content (AvgIpc) is 2.62. The summed E-state index contributed by atoms with van der Waals surface area (Å²) in [5.74, 6) is -2.51. The summed E-state index contributed by atoms with van der Waals surface area (Å²) in [6.07, 6.45) is 4.83. The lowest BCUT2D eigenvalue weighted by atomic mass is 9.96.